The molecule has 2 aromatic rings. The highest BCUT2D eigenvalue weighted by Gasteiger charge is 2.39. The summed E-state index contributed by atoms with van der Waals surface area (Å²) in [5.41, 5.74) is 0.975. The lowest BCUT2D eigenvalue weighted by atomic mass is 10.2. The van der Waals surface area contributed by atoms with Gasteiger partial charge in [-0.25, -0.2) is 8.42 Å². The molecule has 8 heteroatoms. The molecule has 24 heavy (non-hydrogen) atoms. The molecular formula is C16H17ClN2O3S2. The highest BCUT2D eigenvalue weighted by molar-refractivity contribution is 7.91. The zero-order valence-corrected chi connectivity index (χ0v) is 15.2. The van der Waals surface area contributed by atoms with Gasteiger partial charge >= 0.3 is 0 Å². The van der Waals surface area contributed by atoms with Crippen LogP contribution in [-0.4, -0.2) is 31.2 Å². The van der Waals surface area contributed by atoms with Gasteiger partial charge in [-0.15, -0.1) is 11.3 Å². The van der Waals surface area contributed by atoms with Gasteiger partial charge in [-0.1, -0.05) is 41.9 Å². The molecule has 5 nitrogen and oxygen atoms in total. The van der Waals surface area contributed by atoms with Crippen LogP contribution in [0.1, 0.15) is 18.4 Å². The highest BCUT2D eigenvalue weighted by atomic mass is 35.5. The minimum absolute atomic E-state index is 0.176. The van der Waals surface area contributed by atoms with Gasteiger partial charge in [0, 0.05) is 13.1 Å². The van der Waals surface area contributed by atoms with Gasteiger partial charge in [-0.3, -0.25) is 4.79 Å². The fourth-order valence-electron chi connectivity index (χ4n) is 2.74. The number of benzene rings is 1. The zero-order valence-electron chi connectivity index (χ0n) is 12.8. The first-order valence-electron chi connectivity index (χ1n) is 7.57. The normalized spacial score (nSPS) is 18.6. The third-order valence-electron chi connectivity index (χ3n) is 3.93. The highest BCUT2D eigenvalue weighted by Crippen LogP contribution is 2.32. The van der Waals surface area contributed by atoms with Crippen LogP contribution in [0.2, 0.25) is 4.34 Å². The first-order chi connectivity index (χ1) is 11.5. The summed E-state index contributed by atoms with van der Waals surface area (Å²) in [6, 6.07) is 11.9. The average molecular weight is 385 g/mol. The predicted molar refractivity (Wildman–Crippen MR) is 94.5 cm³/mol. The van der Waals surface area contributed by atoms with Crippen molar-refractivity contribution in [2.75, 3.05) is 6.54 Å². The van der Waals surface area contributed by atoms with E-state index in [9.17, 15) is 13.2 Å². The summed E-state index contributed by atoms with van der Waals surface area (Å²) in [6.45, 7) is 0.732. The van der Waals surface area contributed by atoms with Crippen molar-refractivity contribution in [3.8, 4) is 0 Å². The molecule has 1 atom stereocenters. The second kappa shape index (κ2) is 7.23. The number of nitrogens with zero attached hydrogens (tertiary/aromatic N) is 1. The van der Waals surface area contributed by atoms with E-state index in [0.717, 1.165) is 16.9 Å². The number of rotatable bonds is 5. The molecule has 0 aliphatic carbocycles. The fraction of sp³-hybridized carbons (Fsp3) is 0.312. The van der Waals surface area contributed by atoms with Crippen LogP contribution < -0.4 is 5.32 Å². The van der Waals surface area contributed by atoms with E-state index < -0.39 is 16.1 Å². The third kappa shape index (κ3) is 3.64. The third-order valence-corrected chi connectivity index (χ3v) is 7.53. The summed E-state index contributed by atoms with van der Waals surface area (Å²) >= 11 is 6.86. The van der Waals surface area contributed by atoms with Gasteiger partial charge in [0.2, 0.25) is 5.91 Å². The van der Waals surface area contributed by atoms with Crippen molar-refractivity contribution >= 4 is 38.9 Å². The fourth-order valence-corrected chi connectivity index (χ4v) is 6.01. The molecule has 0 saturated carbocycles. The molecule has 1 unspecified atom stereocenters. The molecule has 1 amide bonds. The Kier molecular flexibility index (Phi) is 5.24. The molecular weight excluding hydrogens is 368 g/mol. The number of sulfonamides is 1. The summed E-state index contributed by atoms with van der Waals surface area (Å²) in [6.07, 6.45) is 1.20. The number of hydrogen-bond donors (Lipinski definition) is 1. The van der Waals surface area contributed by atoms with Crippen LogP contribution in [0.25, 0.3) is 0 Å². The molecule has 0 spiro atoms. The van der Waals surface area contributed by atoms with E-state index in [-0.39, 0.29) is 10.1 Å². The van der Waals surface area contributed by atoms with E-state index in [0.29, 0.717) is 30.3 Å². The first kappa shape index (κ1) is 17.4. The molecule has 128 valence electrons. The van der Waals surface area contributed by atoms with Crippen LogP contribution in [0, 0.1) is 0 Å². The van der Waals surface area contributed by atoms with Crippen LogP contribution in [0.3, 0.4) is 0 Å². The smallest absolute Gasteiger partial charge is 0.253 e. The van der Waals surface area contributed by atoms with Crippen LogP contribution in [0.5, 0.6) is 0 Å². The van der Waals surface area contributed by atoms with Crippen molar-refractivity contribution in [3.63, 3.8) is 0 Å². The van der Waals surface area contributed by atoms with E-state index in [4.69, 9.17) is 11.6 Å². The molecule has 1 aromatic carbocycles. The van der Waals surface area contributed by atoms with Gasteiger partial charge in [0.15, 0.2) is 0 Å². The second-order valence-corrected chi connectivity index (χ2v) is 9.37. The summed E-state index contributed by atoms with van der Waals surface area (Å²) in [7, 11) is -3.69. The molecule has 1 saturated heterocycles. The number of carbonyl (C=O) groups is 1. The van der Waals surface area contributed by atoms with E-state index >= 15 is 0 Å². The summed E-state index contributed by atoms with van der Waals surface area (Å²) in [5.74, 6) is -0.261. The monoisotopic (exact) mass is 384 g/mol. The summed E-state index contributed by atoms with van der Waals surface area (Å²) in [4.78, 5) is 12.5. The van der Waals surface area contributed by atoms with Gasteiger partial charge in [0.1, 0.15) is 10.3 Å². The van der Waals surface area contributed by atoms with Crippen molar-refractivity contribution in [2.24, 2.45) is 0 Å². The number of amides is 1. The maximum Gasteiger partial charge on any atom is 0.253 e. The maximum absolute atomic E-state index is 12.7. The maximum atomic E-state index is 12.7. The van der Waals surface area contributed by atoms with Gasteiger partial charge in [0.05, 0.1) is 4.34 Å². The molecule has 1 aliphatic heterocycles. The molecule has 1 N–H and O–H groups in total. The van der Waals surface area contributed by atoms with Crippen LogP contribution >= 0.6 is 22.9 Å². The zero-order chi connectivity index (χ0) is 17.2. The van der Waals surface area contributed by atoms with Crippen molar-refractivity contribution in [1.82, 2.24) is 9.62 Å². The standard InChI is InChI=1S/C16H17ClN2O3S2/c17-14-8-9-15(23-14)24(21,22)19-10-4-7-13(19)16(20)18-11-12-5-2-1-3-6-12/h1-3,5-6,8-9,13H,4,7,10-11H2,(H,18,20). The Morgan fingerprint density at radius 2 is 2.00 bits per heavy atom. The Morgan fingerprint density at radius 3 is 2.67 bits per heavy atom. The minimum atomic E-state index is -3.69. The molecule has 1 aromatic heterocycles. The van der Waals surface area contributed by atoms with E-state index in [1.54, 1.807) is 6.07 Å². The number of halogens is 1. The Bertz CT molecular complexity index is 821. The quantitative estimate of drug-likeness (QED) is 0.861. The number of thiophene rings is 1. The summed E-state index contributed by atoms with van der Waals surface area (Å²) in [5, 5.41) is 2.83. The average Bonchev–Trinajstić information content (AvgIpc) is 3.23. The van der Waals surface area contributed by atoms with Crippen LogP contribution in [-0.2, 0) is 21.4 Å². The predicted octanol–water partition coefficient (Wildman–Crippen LogP) is 2.87. The van der Waals surface area contributed by atoms with Crippen molar-refractivity contribution < 1.29 is 13.2 Å². The van der Waals surface area contributed by atoms with Crippen molar-refractivity contribution in [1.29, 1.82) is 0 Å². The van der Waals surface area contributed by atoms with Crippen molar-refractivity contribution in [2.45, 2.75) is 29.6 Å². The minimum Gasteiger partial charge on any atom is -0.351 e. The molecule has 0 bridgehead atoms. The number of carbonyl (C=O) groups excluding carboxylic acids is 1. The number of hydrogen-bond acceptors (Lipinski definition) is 4. The van der Waals surface area contributed by atoms with E-state index in [1.165, 1.54) is 10.4 Å². The van der Waals surface area contributed by atoms with Crippen molar-refractivity contribution in [3.05, 3.63) is 52.4 Å². The largest absolute Gasteiger partial charge is 0.351 e. The summed E-state index contributed by atoms with van der Waals surface area (Å²) < 4.78 is 27.3. The molecule has 1 aliphatic rings. The van der Waals surface area contributed by atoms with Gasteiger partial charge in [0.25, 0.3) is 10.0 Å². The lowest BCUT2D eigenvalue weighted by Crippen LogP contribution is -2.45. The Balaban J connectivity index is 1.72. The Labute approximate surface area is 150 Å². The Morgan fingerprint density at radius 1 is 1.25 bits per heavy atom. The first-order valence-corrected chi connectivity index (χ1v) is 10.2. The lowest BCUT2D eigenvalue weighted by molar-refractivity contribution is -0.124. The lowest BCUT2D eigenvalue weighted by Gasteiger charge is -2.22. The van der Waals surface area contributed by atoms with E-state index in [2.05, 4.69) is 5.32 Å². The van der Waals surface area contributed by atoms with Crippen LogP contribution in [0.4, 0.5) is 0 Å². The van der Waals surface area contributed by atoms with Gasteiger partial charge in [-0.2, -0.15) is 4.31 Å². The van der Waals surface area contributed by atoms with Gasteiger partial charge in [-0.05, 0) is 30.5 Å². The second-order valence-electron chi connectivity index (χ2n) is 5.54. The van der Waals surface area contributed by atoms with Crippen LogP contribution in [0.15, 0.2) is 46.7 Å². The molecule has 3 rings (SSSR count). The SMILES string of the molecule is O=C(NCc1ccccc1)C1CCCN1S(=O)(=O)c1ccc(Cl)s1. The molecule has 1 fully saturated rings. The van der Waals surface area contributed by atoms with Gasteiger partial charge < -0.3 is 5.32 Å². The topological polar surface area (TPSA) is 66.5 Å². The van der Waals surface area contributed by atoms with E-state index in [1.807, 2.05) is 30.3 Å². The molecule has 0 radical (unpaired) electrons. The molecule has 2 heterocycles. The number of nitrogens with one attached hydrogen (secondary N) is 1. The Hall–Kier alpha value is -1.41.